The SMILES string of the molecule is CC(C)c1c(O)cnc2ccc(O)cc12. The van der Waals surface area contributed by atoms with E-state index in [4.69, 9.17) is 0 Å². The number of nitrogens with zero attached hydrogens (tertiary/aromatic N) is 1. The fraction of sp³-hybridized carbons (Fsp3) is 0.250. The number of phenolic OH excluding ortho intramolecular Hbond substituents is 1. The van der Waals surface area contributed by atoms with Gasteiger partial charge in [0.15, 0.2) is 0 Å². The molecule has 1 heterocycles. The summed E-state index contributed by atoms with van der Waals surface area (Å²) in [7, 11) is 0. The number of fused-ring (bicyclic) bond motifs is 1. The van der Waals surface area contributed by atoms with Gasteiger partial charge in [-0.05, 0) is 24.1 Å². The topological polar surface area (TPSA) is 53.4 Å². The molecule has 1 aromatic heterocycles. The number of phenols is 1. The lowest BCUT2D eigenvalue weighted by molar-refractivity contribution is 0.463. The van der Waals surface area contributed by atoms with Gasteiger partial charge in [0.1, 0.15) is 11.5 Å². The van der Waals surface area contributed by atoms with E-state index in [-0.39, 0.29) is 17.4 Å². The van der Waals surface area contributed by atoms with Gasteiger partial charge in [0.05, 0.1) is 11.7 Å². The molecule has 2 aromatic rings. The summed E-state index contributed by atoms with van der Waals surface area (Å²) in [6.45, 7) is 4.00. The molecule has 1 aromatic carbocycles. The number of rotatable bonds is 1. The molecule has 0 spiro atoms. The van der Waals surface area contributed by atoms with Gasteiger partial charge in [-0.1, -0.05) is 13.8 Å². The maximum atomic E-state index is 9.73. The van der Waals surface area contributed by atoms with Crippen molar-refractivity contribution in [2.75, 3.05) is 0 Å². The lowest BCUT2D eigenvalue weighted by Gasteiger charge is -2.11. The van der Waals surface area contributed by atoms with Gasteiger partial charge in [0, 0.05) is 10.9 Å². The van der Waals surface area contributed by atoms with E-state index < -0.39 is 0 Å². The summed E-state index contributed by atoms with van der Waals surface area (Å²) in [5, 5.41) is 20.0. The molecule has 0 aliphatic carbocycles. The van der Waals surface area contributed by atoms with Crippen molar-refractivity contribution in [3.8, 4) is 11.5 Å². The van der Waals surface area contributed by atoms with Gasteiger partial charge < -0.3 is 10.2 Å². The first kappa shape index (κ1) is 9.77. The Bertz CT molecular complexity index is 501. The van der Waals surface area contributed by atoms with Crippen LogP contribution in [0.1, 0.15) is 25.3 Å². The summed E-state index contributed by atoms with van der Waals surface area (Å²) >= 11 is 0. The summed E-state index contributed by atoms with van der Waals surface area (Å²) < 4.78 is 0. The van der Waals surface area contributed by atoms with Crippen LogP contribution < -0.4 is 0 Å². The molecule has 0 aliphatic heterocycles. The summed E-state index contributed by atoms with van der Waals surface area (Å²) in [6.07, 6.45) is 1.45. The van der Waals surface area contributed by atoms with Crippen molar-refractivity contribution < 1.29 is 10.2 Å². The predicted molar refractivity (Wildman–Crippen MR) is 59.2 cm³/mol. The number of aromatic nitrogens is 1. The standard InChI is InChI=1S/C12H13NO2/c1-7(2)12-9-5-8(14)3-4-10(9)13-6-11(12)15/h3-7,14-15H,1-2H3. The zero-order valence-electron chi connectivity index (χ0n) is 8.73. The molecule has 0 amide bonds. The van der Waals surface area contributed by atoms with Crippen LogP contribution in [0.3, 0.4) is 0 Å². The number of hydrogen-bond donors (Lipinski definition) is 2. The highest BCUT2D eigenvalue weighted by Crippen LogP contribution is 2.33. The molecular formula is C12H13NO2. The van der Waals surface area contributed by atoms with Crippen LogP contribution in [0.2, 0.25) is 0 Å². The largest absolute Gasteiger partial charge is 0.508 e. The third kappa shape index (κ3) is 1.61. The van der Waals surface area contributed by atoms with Crippen LogP contribution in [0.4, 0.5) is 0 Å². The highest BCUT2D eigenvalue weighted by molar-refractivity contribution is 5.85. The lowest BCUT2D eigenvalue weighted by atomic mass is 9.98. The molecule has 3 heteroatoms. The van der Waals surface area contributed by atoms with Gasteiger partial charge in [-0.2, -0.15) is 0 Å². The van der Waals surface area contributed by atoms with E-state index in [1.807, 2.05) is 13.8 Å². The minimum Gasteiger partial charge on any atom is -0.508 e. The Kier molecular flexibility index (Phi) is 2.23. The summed E-state index contributed by atoms with van der Waals surface area (Å²) in [4.78, 5) is 4.10. The zero-order chi connectivity index (χ0) is 11.0. The number of aromatic hydroxyl groups is 2. The molecular weight excluding hydrogens is 190 g/mol. The van der Waals surface area contributed by atoms with E-state index in [1.54, 1.807) is 18.2 Å². The second-order valence-electron chi connectivity index (χ2n) is 3.91. The Morgan fingerprint density at radius 3 is 2.60 bits per heavy atom. The molecule has 0 saturated carbocycles. The molecule has 0 fully saturated rings. The molecule has 78 valence electrons. The van der Waals surface area contributed by atoms with Crippen LogP contribution in [0, 0.1) is 0 Å². The van der Waals surface area contributed by atoms with Crippen molar-refractivity contribution in [3.05, 3.63) is 30.0 Å². The van der Waals surface area contributed by atoms with Gasteiger partial charge in [-0.25, -0.2) is 0 Å². The van der Waals surface area contributed by atoms with Crippen LogP contribution in [0.25, 0.3) is 10.9 Å². The number of pyridine rings is 1. The first-order valence-electron chi connectivity index (χ1n) is 4.90. The summed E-state index contributed by atoms with van der Waals surface area (Å²) in [5.74, 6) is 0.567. The second kappa shape index (κ2) is 3.42. The molecule has 3 nitrogen and oxygen atoms in total. The highest BCUT2D eigenvalue weighted by Gasteiger charge is 2.11. The van der Waals surface area contributed by atoms with E-state index >= 15 is 0 Å². The molecule has 0 radical (unpaired) electrons. The molecule has 0 aliphatic rings. The minimum atomic E-state index is 0.183. The summed E-state index contributed by atoms with van der Waals surface area (Å²) in [6, 6.07) is 4.98. The van der Waals surface area contributed by atoms with Crippen LogP contribution >= 0.6 is 0 Å². The highest BCUT2D eigenvalue weighted by atomic mass is 16.3. The minimum absolute atomic E-state index is 0.183. The fourth-order valence-corrected chi connectivity index (χ4v) is 1.80. The van der Waals surface area contributed by atoms with E-state index in [0.29, 0.717) is 0 Å². The molecule has 0 atom stereocenters. The summed E-state index contributed by atoms with van der Waals surface area (Å²) in [5.41, 5.74) is 1.62. The first-order chi connectivity index (χ1) is 7.09. The smallest absolute Gasteiger partial charge is 0.137 e. The van der Waals surface area contributed by atoms with Crippen molar-refractivity contribution in [2.45, 2.75) is 19.8 Å². The molecule has 0 bridgehead atoms. The number of benzene rings is 1. The Balaban J connectivity index is 2.84. The predicted octanol–water partition coefficient (Wildman–Crippen LogP) is 2.77. The van der Waals surface area contributed by atoms with Crippen molar-refractivity contribution in [1.82, 2.24) is 4.98 Å². The van der Waals surface area contributed by atoms with E-state index in [2.05, 4.69) is 4.98 Å². The Hall–Kier alpha value is -1.77. The third-order valence-electron chi connectivity index (χ3n) is 2.45. The first-order valence-corrected chi connectivity index (χ1v) is 4.90. The van der Waals surface area contributed by atoms with Crippen molar-refractivity contribution >= 4 is 10.9 Å². The Morgan fingerprint density at radius 1 is 1.20 bits per heavy atom. The Morgan fingerprint density at radius 2 is 1.93 bits per heavy atom. The quantitative estimate of drug-likeness (QED) is 0.749. The van der Waals surface area contributed by atoms with Gasteiger partial charge in [-0.15, -0.1) is 0 Å². The number of hydrogen-bond acceptors (Lipinski definition) is 3. The third-order valence-corrected chi connectivity index (χ3v) is 2.45. The van der Waals surface area contributed by atoms with Crippen LogP contribution in [-0.2, 0) is 0 Å². The van der Waals surface area contributed by atoms with Crippen molar-refractivity contribution in [1.29, 1.82) is 0 Å². The van der Waals surface area contributed by atoms with Crippen LogP contribution in [-0.4, -0.2) is 15.2 Å². The second-order valence-corrected chi connectivity index (χ2v) is 3.91. The molecule has 2 rings (SSSR count). The zero-order valence-corrected chi connectivity index (χ0v) is 8.73. The fourth-order valence-electron chi connectivity index (χ4n) is 1.80. The van der Waals surface area contributed by atoms with Crippen LogP contribution in [0.15, 0.2) is 24.4 Å². The van der Waals surface area contributed by atoms with Crippen LogP contribution in [0.5, 0.6) is 11.5 Å². The van der Waals surface area contributed by atoms with E-state index in [0.717, 1.165) is 16.5 Å². The van der Waals surface area contributed by atoms with Gasteiger partial charge >= 0.3 is 0 Å². The average molecular weight is 203 g/mol. The maximum Gasteiger partial charge on any atom is 0.137 e. The van der Waals surface area contributed by atoms with Gasteiger partial charge in [0.2, 0.25) is 0 Å². The van der Waals surface area contributed by atoms with Crippen molar-refractivity contribution in [2.24, 2.45) is 0 Å². The van der Waals surface area contributed by atoms with Gasteiger partial charge in [-0.3, -0.25) is 4.98 Å². The molecule has 2 N–H and O–H groups in total. The van der Waals surface area contributed by atoms with Crippen molar-refractivity contribution in [3.63, 3.8) is 0 Å². The normalized spacial score (nSPS) is 11.1. The van der Waals surface area contributed by atoms with Gasteiger partial charge in [0.25, 0.3) is 0 Å². The van der Waals surface area contributed by atoms with E-state index in [1.165, 1.54) is 6.20 Å². The maximum absolute atomic E-state index is 9.73. The van der Waals surface area contributed by atoms with E-state index in [9.17, 15) is 10.2 Å². The molecule has 15 heavy (non-hydrogen) atoms. The average Bonchev–Trinajstić information content (AvgIpc) is 2.16. The monoisotopic (exact) mass is 203 g/mol. The lowest BCUT2D eigenvalue weighted by Crippen LogP contribution is -1.92. The molecule has 0 unspecified atom stereocenters. The molecule has 0 saturated heterocycles. The Labute approximate surface area is 88.0 Å².